The van der Waals surface area contributed by atoms with Crippen LogP contribution >= 0.6 is 0 Å². The van der Waals surface area contributed by atoms with E-state index >= 15 is 0 Å². The number of hydrogen-bond donors (Lipinski definition) is 0. The standard InChI is InChI=1S/C16H15F3N4/c1-22(9-12-5-2-3-6-14(12)16(17,18)19)10-13-11-23-8-4-7-20-15(23)21-13/h2-8,11H,9-10H2,1H3. The summed E-state index contributed by atoms with van der Waals surface area (Å²) in [7, 11) is 1.77. The number of rotatable bonds is 4. The maximum atomic E-state index is 13.0. The number of fused-ring (bicyclic) bond motifs is 1. The zero-order valence-corrected chi connectivity index (χ0v) is 12.5. The lowest BCUT2D eigenvalue weighted by atomic mass is 10.1. The van der Waals surface area contributed by atoms with Crippen molar-refractivity contribution in [2.24, 2.45) is 0 Å². The third kappa shape index (κ3) is 3.50. The first-order valence-corrected chi connectivity index (χ1v) is 7.06. The Hall–Kier alpha value is -2.41. The molecule has 3 aromatic rings. The highest BCUT2D eigenvalue weighted by atomic mass is 19.4. The zero-order chi connectivity index (χ0) is 16.4. The summed E-state index contributed by atoms with van der Waals surface area (Å²) in [6.07, 6.45) is 0.964. The second-order valence-electron chi connectivity index (χ2n) is 5.39. The molecule has 0 N–H and O–H groups in total. The van der Waals surface area contributed by atoms with Crippen molar-refractivity contribution in [3.05, 3.63) is 65.7 Å². The Morgan fingerprint density at radius 3 is 2.65 bits per heavy atom. The van der Waals surface area contributed by atoms with Crippen molar-refractivity contribution < 1.29 is 13.2 Å². The van der Waals surface area contributed by atoms with Crippen LogP contribution in [0.3, 0.4) is 0 Å². The molecular formula is C16H15F3N4. The van der Waals surface area contributed by atoms with Gasteiger partial charge >= 0.3 is 6.18 Å². The van der Waals surface area contributed by atoms with E-state index in [0.29, 0.717) is 12.3 Å². The summed E-state index contributed by atoms with van der Waals surface area (Å²) >= 11 is 0. The normalized spacial score (nSPS) is 12.2. The summed E-state index contributed by atoms with van der Waals surface area (Å²) in [6.45, 7) is 0.631. The summed E-state index contributed by atoms with van der Waals surface area (Å²) in [4.78, 5) is 10.3. The van der Waals surface area contributed by atoms with Gasteiger partial charge in [-0.2, -0.15) is 13.2 Å². The van der Waals surface area contributed by atoms with Gasteiger partial charge in [-0.15, -0.1) is 0 Å². The molecule has 23 heavy (non-hydrogen) atoms. The third-order valence-electron chi connectivity index (χ3n) is 3.48. The van der Waals surface area contributed by atoms with Crippen molar-refractivity contribution in [3.63, 3.8) is 0 Å². The van der Waals surface area contributed by atoms with Crippen molar-refractivity contribution in [1.29, 1.82) is 0 Å². The van der Waals surface area contributed by atoms with E-state index in [2.05, 4.69) is 9.97 Å². The predicted octanol–water partition coefficient (Wildman–Crippen LogP) is 3.38. The highest BCUT2D eigenvalue weighted by Crippen LogP contribution is 2.32. The van der Waals surface area contributed by atoms with Gasteiger partial charge in [0, 0.05) is 31.7 Å². The first-order valence-electron chi connectivity index (χ1n) is 7.06. The molecule has 3 rings (SSSR count). The summed E-state index contributed by atoms with van der Waals surface area (Å²) < 4.78 is 40.9. The van der Waals surface area contributed by atoms with E-state index in [1.807, 2.05) is 12.4 Å². The number of imidazole rings is 1. The van der Waals surface area contributed by atoms with Gasteiger partial charge in [0.15, 0.2) is 0 Å². The molecule has 0 aliphatic heterocycles. The van der Waals surface area contributed by atoms with Crippen LogP contribution in [0, 0.1) is 0 Å². The van der Waals surface area contributed by atoms with Gasteiger partial charge in [0.25, 0.3) is 0 Å². The monoisotopic (exact) mass is 320 g/mol. The highest BCUT2D eigenvalue weighted by molar-refractivity contribution is 5.31. The molecule has 0 amide bonds. The highest BCUT2D eigenvalue weighted by Gasteiger charge is 2.32. The third-order valence-corrected chi connectivity index (χ3v) is 3.48. The maximum absolute atomic E-state index is 13.0. The number of hydrogen-bond acceptors (Lipinski definition) is 3. The smallest absolute Gasteiger partial charge is 0.296 e. The average Bonchev–Trinajstić information content (AvgIpc) is 2.88. The number of nitrogens with zero attached hydrogens (tertiary/aromatic N) is 4. The van der Waals surface area contributed by atoms with E-state index in [1.54, 1.807) is 34.7 Å². The van der Waals surface area contributed by atoms with Gasteiger partial charge in [0.2, 0.25) is 5.78 Å². The van der Waals surface area contributed by atoms with Crippen LogP contribution in [0.4, 0.5) is 13.2 Å². The Morgan fingerprint density at radius 1 is 1.13 bits per heavy atom. The van der Waals surface area contributed by atoms with E-state index in [4.69, 9.17) is 0 Å². The number of alkyl halides is 3. The Kier molecular flexibility index (Phi) is 4.04. The number of benzene rings is 1. The van der Waals surface area contributed by atoms with Gasteiger partial charge in [-0.25, -0.2) is 9.97 Å². The Balaban J connectivity index is 1.76. The fraction of sp³-hybridized carbons (Fsp3) is 0.250. The van der Waals surface area contributed by atoms with E-state index < -0.39 is 11.7 Å². The molecule has 0 saturated carbocycles. The summed E-state index contributed by atoms with van der Waals surface area (Å²) in [5.74, 6) is 0.576. The molecule has 1 aromatic carbocycles. The molecule has 0 atom stereocenters. The Morgan fingerprint density at radius 2 is 1.91 bits per heavy atom. The van der Waals surface area contributed by atoms with E-state index in [-0.39, 0.29) is 12.1 Å². The largest absolute Gasteiger partial charge is 0.416 e. The first kappa shape index (κ1) is 15.5. The van der Waals surface area contributed by atoms with Crippen LogP contribution in [0.5, 0.6) is 0 Å². The van der Waals surface area contributed by atoms with Crippen LogP contribution in [0.1, 0.15) is 16.8 Å². The van der Waals surface area contributed by atoms with Crippen molar-refractivity contribution >= 4 is 5.78 Å². The van der Waals surface area contributed by atoms with Crippen LogP contribution in [0.25, 0.3) is 5.78 Å². The van der Waals surface area contributed by atoms with Crippen LogP contribution < -0.4 is 0 Å². The van der Waals surface area contributed by atoms with Crippen molar-refractivity contribution in [3.8, 4) is 0 Å². The molecule has 0 unspecified atom stereocenters. The molecule has 120 valence electrons. The Labute approximate surface area is 131 Å². The van der Waals surface area contributed by atoms with E-state index in [9.17, 15) is 13.2 Å². The minimum absolute atomic E-state index is 0.191. The van der Waals surface area contributed by atoms with Crippen LogP contribution in [0.2, 0.25) is 0 Å². The quantitative estimate of drug-likeness (QED) is 0.739. The van der Waals surface area contributed by atoms with Crippen LogP contribution in [0.15, 0.2) is 48.9 Å². The zero-order valence-electron chi connectivity index (χ0n) is 12.5. The molecule has 0 fully saturated rings. The summed E-state index contributed by atoms with van der Waals surface area (Å²) in [5, 5.41) is 0. The molecule has 0 radical (unpaired) electrons. The van der Waals surface area contributed by atoms with Crippen molar-refractivity contribution in [2.75, 3.05) is 7.05 Å². The molecule has 0 saturated heterocycles. The predicted molar refractivity (Wildman–Crippen MR) is 79.6 cm³/mol. The summed E-state index contributed by atoms with van der Waals surface area (Å²) in [5.41, 5.74) is 0.420. The van der Waals surface area contributed by atoms with Crippen molar-refractivity contribution in [2.45, 2.75) is 19.3 Å². The molecule has 4 nitrogen and oxygen atoms in total. The molecule has 0 bridgehead atoms. The van der Waals surface area contributed by atoms with Gasteiger partial charge in [-0.05, 0) is 24.7 Å². The second-order valence-corrected chi connectivity index (χ2v) is 5.39. The van der Waals surface area contributed by atoms with Crippen molar-refractivity contribution in [1.82, 2.24) is 19.3 Å². The first-order chi connectivity index (χ1) is 10.9. The molecule has 2 aromatic heterocycles. The molecule has 2 heterocycles. The number of aromatic nitrogens is 3. The fourth-order valence-electron chi connectivity index (χ4n) is 2.51. The summed E-state index contributed by atoms with van der Waals surface area (Å²) in [6, 6.07) is 7.43. The molecule has 7 heteroatoms. The maximum Gasteiger partial charge on any atom is 0.416 e. The van der Waals surface area contributed by atoms with Gasteiger partial charge in [0.05, 0.1) is 11.3 Å². The van der Waals surface area contributed by atoms with Crippen LogP contribution in [-0.2, 0) is 19.3 Å². The fourth-order valence-corrected chi connectivity index (χ4v) is 2.51. The molecule has 0 aliphatic rings. The lowest BCUT2D eigenvalue weighted by Gasteiger charge is -2.19. The van der Waals surface area contributed by atoms with Gasteiger partial charge in [-0.3, -0.25) is 9.30 Å². The minimum Gasteiger partial charge on any atom is -0.296 e. The Bertz CT molecular complexity index is 777. The van der Waals surface area contributed by atoms with Gasteiger partial charge < -0.3 is 0 Å². The van der Waals surface area contributed by atoms with Crippen LogP contribution in [-0.4, -0.2) is 26.3 Å². The minimum atomic E-state index is -4.34. The lowest BCUT2D eigenvalue weighted by Crippen LogP contribution is -2.20. The molecular weight excluding hydrogens is 305 g/mol. The SMILES string of the molecule is CN(Cc1cn2cccnc2n1)Cc1ccccc1C(F)(F)F. The van der Waals surface area contributed by atoms with Gasteiger partial charge in [0.1, 0.15) is 0 Å². The molecule has 0 spiro atoms. The van der Waals surface area contributed by atoms with E-state index in [0.717, 1.165) is 11.8 Å². The molecule has 0 aliphatic carbocycles. The van der Waals surface area contributed by atoms with E-state index in [1.165, 1.54) is 12.1 Å². The average molecular weight is 320 g/mol. The lowest BCUT2D eigenvalue weighted by molar-refractivity contribution is -0.138. The number of halogens is 3. The second kappa shape index (κ2) is 6.00. The topological polar surface area (TPSA) is 33.4 Å². The van der Waals surface area contributed by atoms with Gasteiger partial charge in [-0.1, -0.05) is 18.2 Å².